The largest absolute Gasteiger partial charge is 0.748 e. The molecule has 2 amide bonds. The number of aliphatic hydroxyl groups excluding tert-OH is 1. The van der Waals surface area contributed by atoms with Gasteiger partial charge in [0.25, 0.3) is 11.8 Å². The summed E-state index contributed by atoms with van der Waals surface area (Å²) in [6.45, 7) is 3.52. The summed E-state index contributed by atoms with van der Waals surface area (Å²) in [6.07, 6.45) is 2.35. The quantitative estimate of drug-likeness (QED) is 0.0809. The lowest BCUT2D eigenvalue weighted by Crippen LogP contribution is -2.44. The summed E-state index contributed by atoms with van der Waals surface area (Å²) in [5.41, 5.74) is -0.797. The number of hydroxylamine groups is 2. The third-order valence-corrected chi connectivity index (χ3v) is 14.8. The van der Waals surface area contributed by atoms with Gasteiger partial charge in [-0.15, -0.1) is 5.06 Å². The van der Waals surface area contributed by atoms with Gasteiger partial charge in [0.2, 0.25) is 0 Å². The van der Waals surface area contributed by atoms with Crippen LogP contribution in [-0.2, 0) is 79.4 Å². The molecule has 1 N–H and O–H groups in total. The summed E-state index contributed by atoms with van der Waals surface area (Å²) in [7, 11) is -11.7. The highest BCUT2D eigenvalue weighted by Gasteiger charge is 2.49. The molecule has 66 heavy (non-hydrogen) atoms. The van der Waals surface area contributed by atoms with Gasteiger partial charge in [-0.2, -0.15) is 0 Å². The van der Waals surface area contributed by atoms with Crippen LogP contribution in [0.3, 0.4) is 0 Å². The molecule has 2 aromatic rings. The Labute approximate surface area is 381 Å². The van der Waals surface area contributed by atoms with Crippen LogP contribution >= 0.6 is 0 Å². The van der Waals surface area contributed by atoms with Gasteiger partial charge in [-0.25, -0.2) is 30.0 Å². The van der Waals surface area contributed by atoms with E-state index in [-0.39, 0.29) is 89.2 Å². The van der Waals surface area contributed by atoms with E-state index in [2.05, 4.69) is 0 Å². The van der Waals surface area contributed by atoms with Gasteiger partial charge < -0.3 is 47.6 Å². The van der Waals surface area contributed by atoms with E-state index in [1.54, 1.807) is 23.6 Å². The average Bonchev–Trinajstić information content (AvgIpc) is 3.77. The zero-order valence-corrected chi connectivity index (χ0v) is 38.8. The molecule has 0 bridgehead atoms. The number of nitrogens with zero attached hydrogens (tertiary/aromatic N) is 3. The highest BCUT2D eigenvalue weighted by molar-refractivity contribution is 7.86. The molecule has 0 radical (unpaired) electrons. The number of rotatable bonds is 21. The standard InChI is InChI=1S/C42H51N3O18S3/c1-41(13-5-21-64(51,52)53)30-22-26(65(54,55)56)6-8-32(30)43(15-19-61-4)34(41)24-28-39(49)29(40(28)50)25-35-42(2,14-18-60-3)31-23-27(66(57,58)59)7-9-33(31)44(35)16-20-62-17-12-38(48)63-45-36(46)10-11-37(45)47/h6-9,22-25,34,49H,5,10-21H2,1-4H3,(H,51,52,53)(H,54,55,56)(H,57,58,59)/p-3/b28-24-,35-25+. The number of anilines is 2. The molecule has 3 unspecified atom stereocenters. The smallest absolute Gasteiger partial charge is 0.335 e. The Bertz CT molecular complexity index is 2740. The molecule has 6 rings (SSSR count). The topological polar surface area (TPSA) is 307 Å². The van der Waals surface area contributed by atoms with Crippen LogP contribution in [0.15, 0.2) is 80.9 Å². The molecule has 1 aliphatic carbocycles. The van der Waals surface area contributed by atoms with Gasteiger partial charge in [0.15, 0.2) is 5.78 Å². The maximum absolute atomic E-state index is 14.3. The van der Waals surface area contributed by atoms with Crippen LogP contribution in [0, 0.1) is 0 Å². The van der Waals surface area contributed by atoms with Crippen molar-refractivity contribution in [1.82, 2.24) is 5.06 Å². The highest BCUT2D eigenvalue weighted by Crippen LogP contribution is 2.53. The Kier molecular flexibility index (Phi) is 14.7. The molecular formula is C42H48N3O18S3-3. The van der Waals surface area contributed by atoms with Crippen LogP contribution in [0.1, 0.15) is 63.5 Å². The Morgan fingerprint density at radius 3 is 2.00 bits per heavy atom. The summed E-state index contributed by atoms with van der Waals surface area (Å²) < 4.78 is 125. The molecule has 0 spiro atoms. The summed E-state index contributed by atoms with van der Waals surface area (Å²) in [5, 5.41) is 12.2. The second-order valence-electron chi connectivity index (χ2n) is 16.5. The summed E-state index contributed by atoms with van der Waals surface area (Å²) in [6, 6.07) is 6.61. The van der Waals surface area contributed by atoms with E-state index < -0.39 is 92.1 Å². The van der Waals surface area contributed by atoms with Gasteiger partial charge in [-0.05, 0) is 85.9 Å². The first-order valence-electron chi connectivity index (χ1n) is 20.6. The van der Waals surface area contributed by atoms with Gasteiger partial charge in [-0.3, -0.25) is 14.4 Å². The fraction of sp³-hybridized carbons (Fsp3) is 0.476. The van der Waals surface area contributed by atoms with E-state index in [1.807, 2.05) is 0 Å². The van der Waals surface area contributed by atoms with Crippen molar-refractivity contribution in [1.29, 1.82) is 0 Å². The van der Waals surface area contributed by atoms with Gasteiger partial charge >= 0.3 is 5.97 Å². The number of aliphatic hydroxyl groups is 1. The number of ether oxygens (including phenoxy) is 3. The lowest BCUT2D eigenvalue weighted by molar-refractivity contribution is -0.198. The predicted molar refractivity (Wildman–Crippen MR) is 228 cm³/mol. The first-order valence-corrected chi connectivity index (χ1v) is 25.0. The number of hydrogen-bond donors (Lipinski definition) is 1. The van der Waals surface area contributed by atoms with E-state index in [1.165, 1.54) is 50.6 Å². The van der Waals surface area contributed by atoms with E-state index in [4.69, 9.17) is 19.0 Å². The minimum atomic E-state index is -4.96. The lowest BCUT2D eigenvalue weighted by atomic mass is 9.72. The van der Waals surface area contributed by atoms with Crippen molar-refractivity contribution in [2.45, 2.75) is 79.0 Å². The summed E-state index contributed by atoms with van der Waals surface area (Å²) in [5.74, 6) is -4.05. The second-order valence-corrected chi connectivity index (χ2v) is 20.8. The van der Waals surface area contributed by atoms with Crippen LogP contribution in [0.2, 0.25) is 0 Å². The number of hydrogen-bond acceptors (Lipinski definition) is 20. The van der Waals surface area contributed by atoms with Crippen molar-refractivity contribution in [3.05, 3.63) is 82.3 Å². The molecule has 1 saturated heterocycles. The van der Waals surface area contributed by atoms with E-state index >= 15 is 0 Å². The van der Waals surface area contributed by atoms with Crippen molar-refractivity contribution in [3.8, 4) is 0 Å². The normalized spacial score (nSPS) is 23.3. The fourth-order valence-corrected chi connectivity index (χ4v) is 10.4. The number of imide groups is 1. The molecule has 3 aliphatic heterocycles. The highest BCUT2D eigenvalue weighted by atomic mass is 32.2. The summed E-state index contributed by atoms with van der Waals surface area (Å²) >= 11 is 0. The number of fused-ring (bicyclic) bond motifs is 2. The first-order chi connectivity index (χ1) is 30.9. The third kappa shape index (κ3) is 10.3. The molecular weight excluding hydrogens is 931 g/mol. The predicted octanol–water partition coefficient (Wildman–Crippen LogP) is 1.95. The molecule has 0 saturated carbocycles. The van der Waals surface area contributed by atoms with E-state index in [0.717, 1.165) is 12.1 Å². The minimum Gasteiger partial charge on any atom is -0.748 e. The van der Waals surface area contributed by atoms with Gasteiger partial charge in [0, 0.05) is 80.4 Å². The number of amides is 2. The average molecular weight is 979 g/mol. The van der Waals surface area contributed by atoms with E-state index in [0.29, 0.717) is 33.3 Å². The monoisotopic (exact) mass is 978 g/mol. The zero-order valence-electron chi connectivity index (χ0n) is 36.3. The van der Waals surface area contributed by atoms with Crippen molar-refractivity contribution in [3.63, 3.8) is 0 Å². The SMILES string of the molecule is COCCN1c2ccc(S(=O)(=O)[O-])cc2C(C)(CCCS(=O)(=O)[O-])C1/C=C1\C(=O)C(/C=C2/N(CCOCCC(=O)ON3C(=O)CCC3=O)c3ccc(S(=O)(=O)[O-])cc3C2(C)CCOC)=C1O. The number of Topliss-reactive ketones (excluding diaryl/α,β-unsaturated/α-hetero) is 1. The van der Waals surface area contributed by atoms with Gasteiger partial charge in [0.1, 0.15) is 26.0 Å². The molecule has 360 valence electrons. The summed E-state index contributed by atoms with van der Waals surface area (Å²) in [4.78, 5) is 57.7. The first kappa shape index (κ1) is 50.4. The van der Waals surface area contributed by atoms with Crippen LogP contribution in [0.25, 0.3) is 0 Å². The number of carbonyl (C=O) groups is 4. The number of allylic oxidation sites excluding steroid dienone is 4. The Balaban J connectivity index is 1.38. The van der Waals surface area contributed by atoms with E-state index in [9.17, 15) is 63.2 Å². The van der Waals surface area contributed by atoms with Crippen LogP contribution in [-0.4, -0.2) is 138 Å². The molecule has 24 heteroatoms. The van der Waals surface area contributed by atoms with Gasteiger partial charge in [0.05, 0.1) is 63.3 Å². The van der Waals surface area contributed by atoms with Gasteiger partial charge in [-0.1, -0.05) is 6.92 Å². The molecule has 4 aliphatic rings. The van der Waals surface area contributed by atoms with Crippen LogP contribution in [0.5, 0.6) is 0 Å². The maximum Gasteiger partial charge on any atom is 0.335 e. The van der Waals surface area contributed by atoms with Crippen molar-refractivity contribution in [2.24, 2.45) is 0 Å². The maximum atomic E-state index is 14.3. The van der Waals surface area contributed by atoms with Crippen molar-refractivity contribution >= 4 is 65.3 Å². The molecule has 0 aromatic heterocycles. The lowest BCUT2D eigenvalue weighted by Gasteiger charge is -2.37. The van der Waals surface area contributed by atoms with Crippen molar-refractivity contribution in [2.75, 3.05) is 69.3 Å². The number of benzene rings is 2. The number of carbonyl (C=O) groups excluding carboxylic acids is 4. The van der Waals surface area contributed by atoms with Crippen molar-refractivity contribution < 1.29 is 82.2 Å². The second kappa shape index (κ2) is 19.3. The number of ketones is 1. The Morgan fingerprint density at radius 1 is 0.818 bits per heavy atom. The molecule has 1 fully saturated rings. The Morgan fingerprint density at radius 2 is 1.42 bits per heavy atom. The third-order valence-electron chi connectivity index (χ3n) is 12.3. The molecule has 3 heterocycles. The van der Waals surface area contributed by atoms with Crippen LogP contribution < -0.4 is 9.80 Å². The number of methoxy groups -OCH3 is 2. The molecule has 21 nitrogen and oxygen atoms in total. The Hall–Kier alpha value is -5.05. The molecule has 3 atom stereocenters. The fourth-order valence-electron chi connectivity index (χ4n) is 8.86. The minimum absolute atomic E-state index is 0.0151. The zero-order chi connectivity index (χ0) is 48.6. The molecule has 2 aromatic carbocycles. The van der Waals surface area contributed by atoms with Crippen LogP contribution in [0.4, 0.5) is 11.4 Å².